The molecule has 0 unspecified atom stereocenters. The van der Waals surface area contributed by atoms with Crippen molar-refractivity contribution in [2.75, 3.05) is 12.1 Å². The molecule has 1 fully saturated rings. The maximum absolute atomic E-state index is 11.7. The first-order chi connectivity index (χ1) is 11.7. The summed E-state index contributed by atoms with van der Waals surface area (Å²) in [6.45, 7) is 0. The van der Waals surface area contributed by atoms with E-state index in [1.165, 1.54) is 18.9 Å². The second kappa shape index (κ2) is 5.76. The van der Waals surface area contributed by atoms with Gasteiger partial charge in [0, 0.05) is 0 Å². The van der Waals surface area contributed by atoms with E-state index in [0.717, 1.165) is 11.3 Å². The van der Waals surface area contributed by atoms with Crippen LogP contribution < -0.4 is 15.1 Å². The number of hydrazone groups is 1. The number of ether oxygens (including phenoxy) is 1. The Morgan fingerprint density at radius 3 is 2.79 bits per heavy atom. The molecule has 2 aromatic rings. The van der Waals surface area contributed by atoms with Crippen LogP contribution in [0, 0.1) is 0 Å². The van der Waals surface area contributed by atoms with E-state index in [0.29, 0.717) is 11.6 Å². The quantitative estimate of drug-likeness (QED) is 0.897. The maximum atomic E-state index is 11.7. The monoisotopic (exact) mass is 341 g/mol. The van der Waals surface area contributed by atoms with Gasteiger partial charge in [0.25, 0.3) is 5.24 Å². The van der Waals surface area contributed by atoms with Crippen LogP contribution in [-0.2, 0) is 0 Å². The number of benzene rings is 2. The summed E-state index contributed by atoms with van der Waals surface area (Å²) in [5.74, 6) is 1.14. The summed E-state index contributed by atoms with van der Waals surface area (Å²) < 4.78 is 5.22. The summed E-state index contributed by atoms with van der Waals surface area (Å²) in [7, 11) is 1.51. The number of nitrogens with zero attached hydrogens (tertiary/aromatic N) is 2. The number of thioether (sulfide) groups is 1. The number of amides is 1. The first kappa shape index (κ1) is 14.9. The Hall–Kier alpha value is -2.67. The average Bonchev–Trinajstić information content (AvgIpc) is 3.12. The Labute approximate surface area is 143 Å². The third-order valence-electron chi connectivity index (χ3n) is 4.07. The van der Waals surface area contributed by atoms with Crippen molar-refractivity contribution >= 4 is 28.5 Å². The van der Waals surface area contributed by atoms with Gasteiger partial charge in [0.2, 0.25) is 0 Å². The van der Waals surface area contributed by atoms with Crippen molar-refractivity contribution in [3.63, 3.8) is 0 Å². The molecule has 122 valence electrons. The van der Waals surface area contributed by atoms with E-state index >= 15 is 0 Å². The van der Waals surface area contributed by atoms with E-state index in [9.17, 15) is 9.90 Å². The Morgan fingerprint density at radius 2 is 2.04 bits per heavy atom. The van der Waals surface area contributed by atoms with E-state index in [2.05, 4.69) is 10.4 Å². The molecule has 0 spiro atoms. The second-order valence-corrected chi connectivity index (χ2v) is 6.61. The predicted octanol–water partition coefficient (Wildman–Crippen LogP) is 3.10. The molecule has 2 N–H and O–H groups in total. The summed E-state index contributed by atoms with van der Waals surface area (Å²) in [5.41, 5.74) is 1.85. The van der Waals surface area contributed by atoms with E-state index in [-0.39, 0.29) is 22.3 Å². The molecule has 0 aliphatic carbocycles. The number of para-hydroxylation sites is 1. The Balaban J connectivity index is 1.79. The zero-order chi connectivity index (χ0) is 16.7. The molecule has 24 heavy (non-hydrogen) atoms. The maximum Gasteiger partial charge on any atom is 0.285 e. The molecule has 2 atom stereocenters. The van der Waals surface area contributed by atoms with Crippen molar-refractivity contribution in [3.05, 3.63) is 54.1 Å². The number of rotatable bonds is 3. The summed E-state index contributed by atoms with van der Waals surface area (Å²) in [6.07, 6.45) is 0. The largest absolute Gasteiger partial charge is 0.504 e. The number of anilines is 1. The topological polar surface area (TPSA) is 74.2 Å². The Kier molecular flexibility index (Phi) is 3.57. The summed E-state index contributed by atoms with van der Waals surface area (Å²) in [6, 6.07) is 14.9. The van der Waals surface area contributed by atoms with Gasteiger partial charge in [-0.05, 0) is 29.8 Å². The molecule has 6 nitrogen and oxygen atoms in total. The van der Waals surface area contributed by atoms with Crippen LogP contribution in [-0.4, -0.2) is 28.5 Å². The van der Waals surface area contributed by atoms with Crippen molar-refractivity contribution in [1.82, 2.24) is 5.32 Å². The molecular weight excluding hydrogens is 326 g/mol. The molecule has 0 bridgehead atoms. The number of carbonyl (C=O) groups is 1. The summed E-state index contributed by atoms with van der Waals surface area (Å²) >= 11 is 1.23. The number of hydrogen-bond donors (Lipinski definition) is 2. The van der Waals surface area contributed by atoms with Crippen LogP contribution in [0.4, 0.5) is 10.5 Å². The van der Waals surface area contributed by atoms with Gasteiger partial charge in [-0.25, -0.2) is 0 Å². The molecule has 2 aromatic carbocycles. The van der Waals surface area contributed by atoms with Gasteiger partial charge in [-0.1, -0.05) is 36.0 Å². The van der Waals surface area contributed by atoms with Crippen molar-refractivity contribution in [2.45, 2.75) is 11.3 Å². The number of methoxy groups -OCH3 is 1. The van der Waals surface area contributed by atoms with Gasteiger partial charge in [-0.15, -0.1) is 0 Å². The molecule has 1 saturated heterocycles. The van der Waals surface area contributed by atoms with Crippen molar-refractivity contribution < 1.29 is 14.6 Å². The van der Waals surface area contributed by atoms with Crippen LogP contribution in [0.25, 0.3) is 0 Å². The van der Waals surface area contributed by atoms with Crippen LogP contribution >= 0.6 is 11.8 Å². The number of carbonyl (C=O) groups excluding carboxylic acids is 1. The zero-order valence-electron chi connectivity index (χ0n) is 12.8. The van der Waals surface area contributed by atoms with E-state index < -0.39 is 0 Å². The molecule has 4 rings (SSSR count). The van der Waals surface area contributed by atoms with Crippen molar-refractivity contribution in [3.8, 4) is 11.5 Å². The number of nitrogens with one attached hydrogen (secondary N) is 1. The molecular formula is C17H15N3O3S. The van der Waals surface area contributed by atoms with Crippen LogP contribution in [0.3, 0.4) is 0 Å². The van der Waals surface area contributed by atoms with Crippen LogP contribution in [0.15, 0.2) is 53.6 Å². The number of fused-ring (bicyclic) bond motifs is 1. The van der Waals surface area contributed by atoms with E-state index in [4.69, 9.17) is 4.74 Å². The van der Waals surface area contributed by atoms with Gasteiger partial charge in [-0.2, -0.15) is 5.10 Å². The highest BCUT2D eigenvalue weighted by molar-refractivity contribution is 8.15. The van der Waals surface area contributed by atoms with Gasteiger partial charge < -0.3 is 15.2 Å². The molecule has 0 aromatic heterocycles. The lowest BCUT2D eigenvalue weighted by Gasteiger charge is -2.27. The fourth-order valence-electron chi connectivity index (χ4n) is 2.97. The predicted molar refractivity (Wildman–Crippen MR) is 93.7 cm³/mol. The van der Waals surface area contributed by atoms with E-state index in [1.807, 2.05) is 41.4 Å². The molecule has 2 aliphatic rings. The molecule has 1 amide bonds. The third-order valence-corrected chi connectivity index (χ3v) is 5.12. The van der Waals surface area contributed by atoms with Crippen LogP contribution in [0.1, 0.15) is 11.6 Å². The molecule has 2 heterocycles. The van der Waals surface area contributed by atoms with Crippen LogP contribution in [0.5, 0.6) is 11.5 Å². The van der Waals surface area contributed by atoms with E-state index in [1.54, 1.807) is 12.1 Å². The first-order valence-corrected chi connectivity index (χ1v) is 8.32. The summed E-state index contributed by atoms with van der Waals surface area (Å²) in [4.78, 5) is 11.7. The highest BCUT2D eigenvalue weighted by Gasteiger charge is 2.45. The van der Waals surface area contributed by atoms with Crippen molar-refractivity contribution in [1.29, 1.82) is 0 Å². The lowest BCUT2D eigenvalue weighted by molar-refractivity contribution is 0.265. The highest BCUT2D eigenvalue weighted by Crippen LogP contribution is 2.44. The zero-order valence-corrected chi connectivity index (χ0v) is 13.7. The fourth-order valence-corrected chi connectivity index (χ4v) is 3.99. The molecule has 7 heteroatoms. The van der Waals surface area contributed by atoms with Gasteiger partial charge >= 0.3 is 0 Å². The number of amidine groups is 1. The Bertz CT molecular complexity index is 825. The highest BCUT2D eigenvalue weighted by atomic mass is 32.2. The number of phenolic OH excluding ortho intramolecular Hbond substituents is 1. The first-order valence-electron chi connectivity index (χ1n) is 7.44. The minimum absolute atomic E-state index is 0.0833. The standard InChI is InChI=1S/C17H15N3O3S/c1-23-13-9-10(7-8-12(13)21)14-15-16(18-17(22)24-15)19-20(14)11-5-3-2-4-6-11/h2-9,14-15,21H,1H3,(H,18,19,22)/t14-,15+/m1/s1. The van der Waals surface area contributed by atoms with Crippen molar-refractivity contribution in [2.24, 2.45) is 5.10 Å². The normalized spacial score (nSPS) is 22.1. The third kappa shape index (κ3) is 2.37. The smallest absolute Gasteiger partial charge is 0.285 e. The fraction of sp³-hybridized carbons (Fsp3) is 0.176. The lowest BCUT2D eigenvalue weighted by atomic mass is 10.0. The summed E-state index contributed by atoms with van der Waals surface area (Å²) in [5, 5.41) is 18.9. The minimum Gasteiger partial charge on any atom is -0.504 e. The van der Waals surface area contributed by atoms with Gasteiger partial charge in [0.1, 0.15) is 11.1 Å². The van der Waals surface area contributed by atoms with Gasteiger partial charge in [0.15, 0.2) is 11.5 Å². The number of aromatic hydroxyl groups is 1. The van der Waals surface area contributed by atoms with Gasteiger partial charge in [-0.3, -0.25) is 9.80 Å². The van der Waals surface area contributed by atoms with Crippen LogP contribution in [0.2, 0.25) is 0 Å². The SMILES string of the molecule is COc1cc([C@@H]2[C@@H]3SC(=O)NC3=NN2c2ccccc2)ccc1O. The lowest BCUT2D eigenvalue weighted by Crippen LogP contribution is -2.27. The number of hydrogen-bond acceptors (Lipinski definition) is 6. The van der Waals surface area contributed by atoms with Gasteiger partial charge in [0.05, 0.1) is 18.8 Å². The second-order valence-electron chi connectivity index (χ2n) is 5.49. The minimum atomic E-state index is -0.166. The molecule has 0 radical (unpaired) electrons. The average molecular weight is 341 g/mol. The Morgan fingerprint density at radius 1 is 1.25 bits per heavy atom. The number of phenols is 1. The molecule has 0 saturated carbocycles. The molecule has 2 aliphatic heterocycles.